The maximum atomic E-state index is 10.1. The number of benzene rings is 1. The Labute approximate surface area is 93.1 Å². The summed E-state index contributed by atoms with van der Waals surface area (Å²) in [5, 5.41) is 10.1. The van der Waals surface area contributed by atoms with Crippen LogP contribution < -0.4 is 0 Å². The maximum absolute atomic E-state index is 10.1. The summed E-state index contributed by atoms with van der Waals surface area (Å²) in [4.78, 5) is 0. The maximum Gasteiger partial charge on any atom is 0.0865 e. The van der Waals surface area contributed by atoms with Gasteiger partial charge in [-0.15, -0.1) is 0 Å². The van der Waals surface area contributed by atoms with E-state index in [1.165, 1.54) is 18.4 Å². The topological polar surface area (TPSA) is 20.2 Å². The molecule has 0 heterocycles. The zero-order valence-corrected chi connectivity index (χ0v) is 10.1. The molecule has 1 rings (SSSR count). The SMILES string of the molecule is CCCCc1ccc(C(C)(O)CC)cc1. The zero-order chi connectivity index (χ0) is 11.3. The highest BCUT2D eigenvalue weighted by atomic mass is 16.3. The van der Waals surface area contributed by atoms with Crippen LogP contribution in [0.1, 0.15) is 51.2 Å². The third-order valence-electron chi connectivity index (χ3n) is 3.08. The van der Waals surface area contributed by atoms with Gasteiger partial charge in [-0.1, -0.05) is 44.5 Å². The molecule has 1 aromatic carbocycles. The lowest BCUT2D eigenvalue weighted by Gasteiger charge is -2.22. The van der Waals surface area contributed by atoms with Gasteiger partial charge in [0.15, 0.2) is 0 Å². The van der Waals surface area contributed by atoms with Crippen molar-refractivity contribution in [3.05, 3.63) is 35.4 Å². The van der Waals surface area contributed by atoms with Gasteiger partial charge < -0.3 is 5.11 Å². The molecule has 1 N–H and O–H groups in total. The second-order valence-electron chi connectivity index (χ2n) is 4.43. The van der Waals surface area contributed by atoms with E-state index in [1.54, 1.807) is 0 Å². The molecule has 0 radical (unpaired) electrons. The first kappa shape index (κ1) is 12.3. The molecule has 0 fully saturated rings. The number of rotatable bonds is 5. The third kappa shape index (κ3) is 3.35. The van der Waals surface area contributed by atoms with Gasteiger partial charge in [0, 0.05) is 0 Å². The minimum atomic E-state index is -0.677. The van der Waals surface area contributed by atoms with Gasteiger partial charge in [0.25, 0.3) is 0 Å². The fourth-order valence-electron chi connectivity index (χ4n) is 1.62. The average molecular weight is 206 g/mol. The second kappa shape index (κ2) is 5.32. The van der Waals surface area contributed by atoms with E-state index >= 15 is 0 Å². The van der Waals surface area contributed by atoms with Crippen molar-refractivity contribution in [3.63, 3.8) is 0 Å². The van der Waals surface area contributed by atoms with Gasteiger partial charge in [-0.3, -0.25) is 0 Å². The Bertz CT molecular complexity index is 285. The van der Waals surface area contributed by atoms with Crippen LogP contribution in [0, 0.1) is 0 Å². The van der Waals surface area contributed by atoms with Crippen LogP contribution in [0.2, 0.25) is 0 Å². The van der Waals surface area contributed by atoms with E-state index in [0.717, 1.165) is 18.4 Å². The van der Waals surface area contributed by atoms with Gasteiger partial charge in [0.05, 0.1) is 5.60 Å². The first-order chi connectivity index (χ1) is 7.10. The van der Waals surface area contributed by atoms with Crippen LogP contribution in [0.3, 0.4) is 0 Å². The summed E-state index contributed by atoms with van der Waals surface area (Å²) < 4.78 is 0. The Balaban J connectivity index is 2.72. The molecular formula is C14H22O. The van der Waals surface area contributed by atoms with Gasteiger partial charge >= 0.3 is 0 Å². The van der Waals surface area contributed by atoms with Gasteiger partial charge in [0.1, 0.15) is 0 Å². The number of aryl methyl sites for hydroxylation is 1. The van der Waals surface area contributed by atoms with E-state index in [1.807, 2.05) is 13.8 Å². The Morgan fingerprint density at radius 2 is 1.73 bits per heavy atom. The molecule has 15 heavy (non-hydrogen) atoms. The fraction of sp³-hybridized carbons (Fsp3) is 0.571. The molecule has 1 unspecified atom stereocenters. The Hall–Kier alpha value is -0.820. The third-order valence-corrected chi connectivity index (χ3v) is 3.08. The van der Waals surface area contributed by atoms with Crippen molar-refractivity contribution in [2.24, 2.45) is 0 Å². The number of hydrogen-bond acceptors (Lipinski definition) is 1. The van der Waals surface area contributed by atoms with Crippen LogP contribution in [0.5, 0.6) is 0 Å². The lowest BCUT2D eigenvalue weighted by Crippen LogP contribution is -2.19. The summed E-state index contributed by atoms with van der Waals surface area (Å²) in [5.41, 5.74) is 1.71. The summed E-state index contributed by atoms with van der Waals surface area (Å²) in [7, 11) is 0. The molecule has 0 aromatic heterocycles. The van der Waals surface area contributed by atoms with Crippen molar-refractivity contribution in [2.75, 3.05) is 0 Å². The summed E-state index contributed by atoms with van der Waals surface area (Å²) in [6, 6.07) is 8.37. The van der Waals surface area contributed by atoms with Crippen molar-refractivity contribution >= 4 is 0 Å². The molecule has 0 saturated carbocycles. The smallest absolute Gasteiger partial charge is 0.0865 e. The van der Waals surface area contributed by atoms with E-state index in [2.05, 4.69) is 31.2 Å². The number of hydrogen-bond donors (Lipinski definition) is 1. The molecule has 0 bridgehead atoms. The molecule has 1 heteroatoms. The molecule has 0 aliphatic rings. The van der Waals surface area contributed by atoms with Crippen molar-refractivity contribution in [3.8, 4) is 0 Å². The summed E-state index contributed by atoms with van der Waals surface area (Å²) in [6.07, 6.45) is 4.37. The predicted molar refractivity (Wildman–Crippen MR) is 64.9 cm³/mol. The van der Waals surface area contributed by atoms with Gasteiger partial charge in [-0.05, 0) is 37.3 Å². The zero-order valence-electron chi connectivity index (χ0n) is 10.1. The van der Waals surface area contributed by atoms with Crippen LogP contribution in [-0.4, -0.2) is 5.11 Å². The van der Waals surface area contributed by atoms with Crippen LogP contribution in [0.4, 0.5) is 0 Å². The summed E-state index contributed by atoms with van der Waals surface area (Å²) in [6.45, 7) is 6.08. The van der Waals surface area contributed by atoms with Crippen LogP contribution in [0.15, 0.2) is 24.3 Å². The Morgan fingerprint density at radius 3 is 2.20 bits per heavy atom. The van der Waals surface area contributed by atoms with E-state index in [9.17, 15) is 5.11 Å². The largest absolute Gasteiger partial charge is 0.385 e. The monoisotopic (exact) mass is 206 g/mol. The molecule has 1 aromatic rings. The molecule has 0 amide bonds. The quantitative estimate of drug-likeness (QED) is 0.779. The van der Waals surface area contributed by atoms with Gasteiger partial charge in [0.2, 0.25) is 0 Å². The van der Waals surface area contributed by atoms with Crippen LogP contribution >= 0.6 is 0 Å². The lowest BCUT2D eigenvalue weighted by atomic mass is 9.92. The average Bonchev–Trinajstić information content (AvgIpc) is 2.27. The van der Waals surface area contributed by atoms with Gasteiger partial charge in [-0.2, -0.15) is 0 Å². The first-order valence-electron chi connectivity index (χ1n) is 5.92. The molecular weight excluding hydrogens is 184 g/mol. The first-order valence-corrected chi connectivity index (χ1v) is 5.92. The van der Waals surface area contributed by atoms with Crippen molar-refractivity contribution in [1.29, 1.82) is 0 Å². The standard InChI is InChI=1S/C14H22O/c1-4-6-7-12-8-10-13(11-9-12)14(3,15)5-2/h8-11,15H,4-7H2,1-3H3. The second-order valence-corrected chi connectivity index (χ2v) is 4.43. The molecule has 1 atom stereocenters. The van der Waals surface area contributed by atoms with Crippen molar-refractivity contribution in [1.82, 2.24) is 0 Å². The molecule has 0 saturated heterocycles. The lowest BCUT2D eigenvalue weighted by molar-refractivity contribution is 0.0531. The van der Waals surface area contributed by atoms with Crippen LogP contribution in [0.25, 0.3) is 0 Å². The van der Waals surface area contributed by atoms with Crippen molar-refractivity contribution < 1.29 is 5.11 Å². The Morgan fingerprint density at radius 1 is 1.13 bits per heavy atom. The highest BCUT2D eigenvalue weighted by Crippen LogP contribution is 2.24. The summed E-state index contributed by atoms with van der Waals surface area (Å²) in [5.74, 6) is 0. The highest BCUT2D eigenvalue weighted by Gasteiger charge is 2.19. The van der Waals surface area contributed by atoms with E-state index < -0.39 is 5.60 Å². The number of unbranched alkanes of at least 4 members (excludes halogenated alkanes) is 1. The molecule has 1 nitrogen and oxygen atoms in total. The molecule has 0 aliphatic heterocycles. The van der Waals surface area contributed by atoms with Gasteiger partial charge in [-0.25, -0.2) is 0 Å². The Kier molecular flexibility index (Phi) is 4.34. The summed E-state index contributed by atoms with van der Waals surface area (Å²) >= 11 is 0. The normalized spacial score (nSPS) is 14.9. The fourth-order valence-corrected chi connectivity index (χ4v) is 1.62. The molecule has 84 valence electrons. The van der Waals surface area contributed by atoms with Crippen molar-refractivity contribution in [2.45, 2.75) is 52.1 Å². The number of aliphatic hydroxyl groups is 1. The van der Waals surface area contributed by atoms with E-state index in [4.69, 9.17) is 0 Å². The minimum absolute atomic E-state index is 0.677. The van der Waals surface area contributed by atoms with E-state index in [0.29, 0.717) is 0 Å². The molecule has 0 aliphatic carbocycles. The minimum Gasteiger partial charge on any atom is -0.385 e. The molecule has 0 spiro atoms. The predicted octanol–water partition coefficient (Wildman–Crippen LogP) is 3.65. The van der Waals surface area contributed by atoms with E-state index in [-0.39, 0.29) is 0 Å². The highest BCUT2D eigenvalue weighted by molar-refractivity contribution is 5.26. The van der Waals surface area contributed by atoms with Crippen LogP contribution in [-0.2, 0) is 12.0 Å².